The van der Waals surface area contributed by atoms with Crippen molar-refractivity contribution >= 4 is 17.2 Å². The van der Waals surface area contributed by atoms with Gasteiger partial charge in [-0.2, -0.15) is 0 Å². The first-order chi connectivity index (χ1) is 10.1. The molecule has 2 rings (SSSR count). The third-order valence-corrected chi connectivity index (χ3v) is 5.40. The number of nitrogens with zero attached hydrogens (tertiary/aromatic N) is 1. The Hall–Kier alpha value is -0.910. The van der Waals surface area contributed by atoms with Crippen LogP contribution >= 0.6 is 11.3 Å². The summed E-state index contributed by atoms with van der Waals surface area (Å²) in [5.41, 5.74) is 2.74. The van der Waals surface area contributed by atoms with Gasteiger partial charge in [0.15, 0.2) is 0 Å². The summed E-state index contributed by atoms with van der Waals surface area (Å²) < 4.78 is 5.09. The zero-order valence-corrected chi connectivity index (χ0v) is 14.1. The van der Waals surface area contributed by atoms with Gasteiger partial charge in [-0.15, -0.1) is 11.3 Å². The monoisotopic (exact) mass is 310 g/mol. The molecule has 0 bridgehead atoms. The summed E-state index contributed by atoms with van der Waals surface area (Å²) in [5, 5.41) is 5.30. The molecule has 5 heteroatoms. The average Bonchev–Trinajstić information content (AvgIpc) is 3.07. The van der Waals surface area contributed by atoms with Crippen LogP contribution in [0.4, 0.5) is 0 Å². The highest BCUT2D eigenvalue weighted by Gasteiger charge is 2.27. The number of carbonyl (C=O) groups excluding carboxylic acids is 1. The molecule has 1 N–H and O–H groups in total. The number of methoxy groups -OCH3 is 1. The summed E-state index contributed by atoms with van der Waals surface area (Å²) in [7, 11) is 1.72. The third kappa shape index (κ3) is 4.53. The summed E-state index contributed by atoms with van der Waals surface area (Å²) in [6.45, 7) is 8.59. The van der Waals surface area contributed by atoms with Gasteiger partial charge in [-0.05, 0) is 49.7 Å². The Kier molecular flexibility index (Phi) is 6.21. The number of hydrogen-bond donors (Lipinski definition) is 1. The lowest BCUT2D eigenvalue weighted by Gasteiger charge is -2.15. The molecule has 0 spiro atoms. The first-order valence-corrected chi connectivity index (χ1v) is 8.52. The number of carbonyl (C=O) groups is 1. The maximum absolute atomic E-state index is 12.2. The van der Waals surface area contributed by atoms with Crippen LogP contribution in [0.25, 0.3) is 0 Å². The lowest BCUT2D eigenvalue weighted by molar-refractivity contribution is -0.124. The fourth-order valence-electron chi connectivity index (χ4n) is 2.74. The molecule has 1 atom stereocenters. The van der Waals surface area contributed by atoms with E-state index in [1.807, 2.05) is 0 Å². The Labute approximate surface area is 131 Å². The standard InChI is InChI=1S/C16H26N2O2S/c1-12-13(2)21-11-15(12)4-6-17-16(19)14-5-7-18(10-14)8-9-20-3/h11,14H,4-10H2,1-3H3,(H,17,19). The Morgan fingerprint density at radius 1 is 1.52 bits per heavy atom. The van der Waals surface area contributed by atoms with Crippen molar-refractivity contribution in [2.45, 2.75) is 26.7 Å². The van der Waals surface area contributed by atoms with Gasteiger partial charge in [0.1, 0.15) is 0 Å². The number of hydrogen-bond acceptors (Lipinski definition) is 4. The summed E-state index contributed by atoms with van der Waals surface area (Å²) in [5.74, 6) is 0.353. The molecule has 21 heavy (non-hydrogen) atoms. The van der Waals surface area contributed by atoms with E-state index in [-0.39, 0.29) is 11.8 Å². The predicted octanol–water partition coefficient (Wildman–Crippen LogP) is 1.99. The molecule has 2 heterocycles. The van der Waals surface area contributed by atoms with Gasteiger partial charge in [0.05, 0.1) is 12.5 Å². The first-order valence-electron chi connectivity index (χ1n) is 7.64. The molecule has 1 aromatic rings. The number of thiophene rings is 1. The largest absolute Gasteiger partial charge is 0.383 e. The normalized spacial score (nSPS) is 19.1. The highest BCUT2D eigenvalue weighted by molar-refractivity contribution is 7.10. The molecule has 1 saturated heterocycles. The number of likely N-dealkylation sites (tertiary alicyclic amines) is 1. The number of rotatable bonds is 7. The minimum absolute atomic E-state index is 0.146. The molecular formula is C16H26N2O2S. The molecule has 0 radical (unpaired) electrons. The van der Waals surface area contributed by atoms with Crippen LogP contribution in [0.1, 0.15) is 22.4 Å². The molecule has 1 aromatic heterocycles. The van der Waals surface area contributed by atoms with Gasteiger partial charge >= 0.3 is 0 Å². The van der Waals surface area contributed by atoms with Crippen molar-refractivity contribution in [2.24, 2.45) is 5.92 Å². The average molecular weight is 310 g/mol. The number of ether oxygens (including phenoxy) is 1. The maximum atomic E-state index is 12.2. The van der Waals surface area contributed by atoms with E-state index in [1.54, 1.807) is 18.4 Å². The summed E-state index contributed by atoms with van der Waals surface area (Å²) in [6.07, 6.45) is 1.90. The molecule has 1 unspecified atom stereocenters. The number of amides is 1. The van der Waals surface area contributed by atoms with E-state index in [9.17, 15) is 4.79 Å². The number of nitrogens with one attached hydrogen (secondary N) is 1. The molecule has 0 aromatic carbocycles. The van der Waals surface area contributed by atoms with E-state index in [4.69, 9.17) is 4.74 Å². The van der Waals surface area contributed by atoms with Crippen molar-refractivity contribution in [2.75, 3.05) is 39.9 Å². The zero-order valence-electron chi connectivity index (χ0n) is 13.3. The maximum Gasteiger partial charge on any atom is 0.224 e. The Morgan fingerprint density at radius 2 is 2.33 bits per heavy atom. The van der Waals surface area contributed by atoms with E-state index in [1.165, 1.54) is 16.0 Å². The topological polar surface area (TPSA) is 41.6 Å². The van der Waals surface area contributed by atoms with Gasteiger partial charge in [0.2, 0.25) is 5.91 Å². The first kappa shape index (κ1) is 16.5. The second-order valence-corrected chi connectivity index (χ2v) is 6.85. The van der Waals surface area contributed by atoms with Gasteiger partial charge in [-0.25, -0.2) is 0 Å². The Morgan fingerprint density at radius 3 is 3.00 bits per heavy atom. The van der Waals surface area contributed by atoms with Crippen LogP contribution in [0.15, 0.2) is 5.38 Å². The SMILES string of the molecule is COCCN1CCC(C(=O)NCCc2csc(C)c2C)C1. The van der Waals surface area contributed by atoms with Crippen molar-refractivity contribution in [3.8, 4) is 0 Å². The second kappa shape index (κ2) is 7.92. The fourth-order valence-corrected chi connectivity index (χ4v) is 3.67. The predicted molar refractivity (Wildman–Crippen MR) is 86.9 cm³/mol. The summed E-state index contributed by atoms with van der Waals surface area (Å²) in [4.78, 5) is 15.9. The molecule has 1 amide bonds. The van der Waals surface area contributed by atoms with E-state index in [0.717, 1.165) is 45.6 Å². The van der Waals surface area contributed by atoms with Crippen LogP contribution < -0.4 is 5.32 Å². The van der Waals surface area contributed by atoms with Crippen LogP contribution in [0, 0.1) is 19.8 Å². The number of aryl methyl sites for hydroxylation is 1. The van der Waals surface area contributed by atoms with Gasteiger partial charge in [-0.1, -0.05) is 0 Å². The molecular weight excluding hydrogens is 284 g/mol. The molecule has 0 saturated carbocycles. The molecule has 1 aliphatic rings. The van der Waals surface area contributed by atoms with Crippen molar-refractivity contribution in [1.82, 2.24) is 10.2 Å². The lowest BCUT2D eigenvalue weighted by Crippen LogP contribution is -2.34. The minimum Gasteiger partial charge on any atom is -0.383 e. The third-order valence-electron chi connectivity index (χ3n) is 4.34. The van der Waals surface area contributed by atoms with E-state index < -0.39 is 0 Å². The highest BCUT2D eigenvalue weighted by atomic mass is 32.1. The molecule has 4 nitrogen and oxygen atoms in total. The Bertz CT molecular complexity index is 473. The van der Waals surface area contributed by atoms with Crippen LogP contribution in [-0.4, -0.2) is 50.7 Å². The van der Waals surface area contributed by atoms with E-state index in [2.05, 4.69) is 29.4 Å². The fraction of sp³-hybridized carbons (Fsp3) is 0.688. The molecule has 1 aliphatic heterocycles. The summed E-state index contributed by atoms with van der Waals surface area (Å²) in [6, 6.07) is 0. The lowest BCUT2D eigenvalue weighted by atomic mass is 10.1. The second-order valence-electron chi connectivity index (χ2n) is 5.76. The van der Waals surface area contributed by atoms with Crippen molar-refractivity contribution in [3.63, 3.8) is 0 Å². The van der Waals surface area contributed by atoms with Crippen molar-refractivity contribution < 1.29 is 9.53 Å². The van der Waals surface area contributed by atoms with Crippen LogP contribution in [0.2, 0.25) is 0 Å². The van der Waals surface area contributed by atoms with Crippen molar-refractivity contribution in [1.29, 1.82) is 0 Å². The Balaban J connectivity index is 1.69. The van der Waals surface area contributed by atoms with Crippen molar-refractivity contribution in [3.05, 3.63) is 21.4 Å². The molecule has 118 valence electrons. The smallest absolute Gasteiger partial charge is 0.224 e. The quantitative estimate of drug-likeness (QED) is 0.837. The van der Waals surface area contributed by atoms with Crippen LogP contribution in [0.5, 0.6) is 0 Å². The van der Waals surface area contributed by atoms with E-state index in [0.29, 0.717) is 0 Å². The van der Waals surface area contributed by atoms with Crippen LogP contribution in [0.3, 0.4) is 0 Å². The highest BCUT2D eigenvalue weighted by Crippen LogP contribution is 2.21. The van der Waals surface area contributed by atoms with E-state index >= 15 is 0 Å². The molecule has 1 fully saturated rings. The van der Waals surface area contributed by atoms with Gasteiger partial charge in [0.25, 0.3) is 0 Å². The minimum atomic E-state index is 0.146. The van der Waals surface area contributed by atoms with Gasteiger partial charge in [0, 0.05) is 31.6 Å². The van der Waals surface area contributed by atoms with Gasteiger partial charge in [-0.3, -0.25) is 4.79 Å². The van der Waals surface area contributed by atoms with Crippen LogP contribution in [-0.2, 0) is 16.0 Å². The summed E-state index contributed by atoms with van der Waals surface area (Å²) >= 11 is 1.79. The molecule has 0 aliphatic carbocycles. The van der Waals surface area contributed by atoms with Gasteiger partial charge < -0.3 is 15.0 Å². The zero-order chi connectivity index (χ0) is 15.2.